The molecule has 1 saturated heterocycles. The third-order valence-corrected chi connectivity index (χ3v) is 5.28. The second-order valence-corrected chi connectivity index (χ2v) is 7.13. The van der Waals surface area contributed by atoms with Crippen LogP contribution in [0.5, 0.6) is 0 Å². The number of aliphatic hydroxyl groups is 1. The van der Waals surface area contributed by atoms with E-state index >= 15 is 0 Å². The molecular weight excluding hydrogens is 282 g/mol. The minimum Gasteiger partial charge on any atom is -0.388 e. The van der Waals surface area contributed by atoms with E-state index in [2.05, 4.69) is 4.98 Å². The summed E-state index contributed by atoms with van der Waals surface area (Å²) in [7, 11) is -2.20. The molecule has 114 valence electrons. The first-order valence-corrected chi connectivity index (χ1v) is 8.10. The number of hydrogen-bond donors (Lipinski definition) is 1. The summed E-state index contributed by atoms with van der Waals surface area (Å²) in [5, 5.41) is 10.4. The minimum atomic E-state index is -3.67. The molecular formula is C12H21N3O4S. The van der Waals surface area contributed by atoms with Crippen LogP contribution in [-0.4, -0.2) is 59.8 Å². The van der Waals surface area contributed by atoms with Crippen molar-refractivity contribution in [2.75, 3.05) is 26.8 Å². The van der Waals surface area contributed by atoms with Gasteiger partial charge in [0.2, 0.25) is 0 Å². The Labute approximate surface area is 119 Å². The van der Waals surface area contributed by atoms with Crippen molar-refractivity contribution in [2.45, 2.75) is 36.9 Å². The number of aromatic nitrogens is 2. The van der Waals surface area contributed by atoms with E-state index in [9.17, 15) is 13.5 Å². The van der Waals surface area contributed by atoms with Gasteiger partial charge in [0.15, 0.2) is 5.03 Å². The second kappa shape index (κ2) is 5.80. The van der Waals surface area contributed by atoms with Crippen LogP contribution in [0.2, 0.25) is 0 Å². The summed E-state index contributed by atoms with van der Waals surface area (Å²) in [6.07, 6.45) is 3.87. The predicted molar refractivity (Wildman–Crippen MR) is 72.7 cm³/mol. The zero-order chi connectivity index (χ0) is 14.8. The monoisotopic (exact) mass is 303 g/mol. The summed E-state index contributed by atoms with van der Waals surface area (Å²) in [5.74, 6) is 0. The molecule has 1 aliphatic heterocycles. The van der Waals surface area contributed by atoms with Gasteiger partial charge in [0.1, 0.15) is 0 Å². The number of hydrogen-bond acceptors (Lipinski definition) is 5. The lowest BCUT2D eigenvalue weighted by Gasteiger charge is -2.34. The molecule has 8 heteroatoms. The Kier molecular flexibility index (Phi) is 4.48. The third-order valence-electron chi connectivity index (χ3n) is 3.59. The lowest BCUT2D eigenvalue weighted by Crippen LogP contribution is -2.47. The second-order valence-electron chi connectivity index (χ2n) is 5.14. The topological polar surface area (TPSA) is 84.7 Å². The molecule has 1 aromatic rings. The Balaban J connectivity index is 2.12. The smallest absolute Gasteiger partial charge is 0.261 e. The maximum Gasteiger partial charge on any atom is 0.261 e. The maximum absolute atomic E-state index is 12.4. The summed E-state index contributed by atoms with van der Waals surface area (Å²) >= 11 is 0. The summed E-state index contributed by atoms with van der Waals surface area (Å²) < 4.78 is 32.8. The van der Waals surface area contributed by atoms with Gasteiger partial charge in [-0.05, 0) is 6.92 Å². The van der Waals surface area contributed by atoms with E-state index in [4.69, 9.17) is 4.74 Å². The van der Waals surface area contributed by atoms with Gasteiger partial charge in [0, 0.05) is 52.4 Å². The van der Waals surface area contributed by atoms with Gasteiger partial charge in [0.05, 0.1) is 11.9 Å². The molecule has 0 saturated carbocycles. The molecule has 1 N–H and O–H groups in total. The molecule has 7 nitrogen and oxygen atoms in total. The van der Waals surface area contributed by atoms with Crippen LogP contribution in [0.4, 0.5) is 0 Å². The molecule has 0 aromatic carbocycles. The zero-order valence-corrected chi connectivity index (χ0v) is 12.6. The molecule has 0 spiro atoms. The Hall–Kier alpha value is -0.960. The highest BCUT2D eigenvalue weighted by Gasteiger charge is 2.35. The van der Waals surface area contributed by atoms with E-state index in [1.807, 2.05) is 6.92 Å². The van der Waals surface area contributed by atoms with Crippen LogP contribution in [0.15, 0.2) is 17.6 Å². The first-order chi connectivity index (χ1) is 9.37. The molecule has 20 heavy (non-hydrogen) atoms. The van der Waals surface area contributed by atoms with E-state index in [-0.39, 0.29) is 11.6 Å². The van der Waals surface area contributed by atoms with Crippen molar-refractivity contribution in [2.24, 2.45) is 0 Å². The van der Waals surface area contributed by atoms with Crippen molar-refractivity contribution in [3.05, 3.63) is 12.5 Å². The van der Waals surface area contributed by atoms with Crippen LogP contribution in [0.25, 0.3) is 0 Å². The first kappa shape index (κ1) is 15.4. The molecule has 2 rings (SSSR count). The van der Waals surface area contributed by atoms with Gasteiger partial charge >= 0.3 is 0 Å². The van der Waals surface area contributed by atoms with Crippen LogP contribution in [0.3, 0.4) is 0 Å². The van der Waals surface area contributed by atoms with Crippen molar-refractivity contribution >= 4 is 10.0 Å². The number of likely N-dealkylation sites (N-methyl/N-ethyl adjacent to an activating group) is 1. The fourth-order valence-corrected chi connectivity index (χ4v) is 3.39. The summed E-state index contributed by atoms with van der Waals surface area (Å²) in [5.41, 5.74) is -1.02. The highest BCUT2D eigenvalue weighted by Crippen LogP contribution is 2.23. The average molecular weight is 303 g/mol. The van der Waals surface area contributed by atoms with Gasteiger partial charge in [-0.15, -0.1) is 0 Å². The minimum absolute atomic E-state index is 0.0116. The van der Waals surface area contributed by atoms with Crippen molar-refractivity contribution in [3.8, 4) is 0 Å². The maximum atomic E-state index is 12.4. The van der Waals surface area contributed by atoms with Crippen LogP contribution in [0, 0.1) is 0 Å². The highest BCUT2D eigenvalue weighted by atomic mass is 32.2. The molecule has 0 bridgehead atoms. The predicted octanol–water partition coefficient (Wildman–Crippen LogP) is 0.0650. The number of aryl methyl sites for hydroxylation is 1. The standard InChI is InChI=1S/C12H21N3O4S/c1-3-15-8-11(13-10-15)20(17,18)14(2)9-12(16)4-6-19-7-5-12/h8,10,16H,3-7,9H2,1-2H3. The quantitative estimate of drug-likeness (QED) is 0.832. The van der Waals surface area contributed by atoms with Crippen LogP contribution < -0.4 is 0 Å². The Morgan fingerprint density at radius 3 is 2.70 bits per heavy atom. The molecule has 0 amide bonds. The van der Waals surface area contributed by atoms with E-state index in [0.29, 0.717) is 32.6 Å². The van der Waals surface area contributed by atoms with Crippen molar-refractivity contribution in [3.63, 3.8) is 0 Å². The van der Waals surface area contributed by atoms with Crippen LogP contribution in [0.1, 0.15) is 19.8 Å². The van der Waals surface area contributed by atoms with E-state index < -0.39 is 15.6 Å². The van der Waals surface area contributed by atoms with E-state index in [0.717, 1.165) is 0 Å². The van der Waals surface area contributed by atoms with Crippen LogP contribution >= 0.6 is 0 Å². The normalized spacial score (nSPS) is 19.4. The molecule has 2 heterocycles. The molecule has 0 unspecified atom stereocenters. The van der Waals surface area contributed by atoms with Gasteiger partial charge in [-0.2, -0.15) is 4.31 Å². The number of rotatable bonds is 5. The zero-order valence-electron chi connectivity index (χ0n) is 11.8. The lowest BCUT2D eigenvalue weighted by molar-refractivity contribution is -0.0689. The number of sulfonamides is 1. The molecule has 0 radical (unpaired) electrons. The van der Waals surface area contributed by atoms with Gasteiger partial charge < -0.3 is 14.4 Å². The largest absolute Gasteiger partial charge is 0.388 e. The summed E-state index contributed by atoms with van der Waals surface area (Å²) in [6.45, 7) is 3.53. The third kappa shape index (κ3) is 3.20. The Bertz CT molecular complexity index is 549. The lowest BCUT2D eigenvalue weighted by atomic mass is 9.95. The molecule has 0 aliphatic carbocycles. The van der Waals surface area contributed by atoms with Crippen LogP contribution in [-0.2, 0) is 21.3 Å². The Morgan fingerprint density at radius 2 is 2.15 bits per heavy atom. The fraction of sp³-hybridized carbons (Fsp3) is 0.750. The average Bonchev–Trinajstić information content (AvgIpc) is 2.88. The Morgan fingerprint density at radius 1 is 1.50 bits per heavy atom. The number of imidazole rings is 1. The van der Waals surface area contributed by atoms with Crippen molar-refractivity contribution in [1.82, 2.24) is 13.9 Å². The number of ether oxygens (including phenoxy) is 1. The highest BCUT2D eigenvalue weighted by molar-refractivity contribution is 7.89. The van der Waals surface area contributed by atoms with Crippen molar-refractivity contribution in [1.29, 1.82) is 0 Å². The molecule has 0 atom stereocenters. The van der Waals surface area contributed by atoms with Gasteiger partial charge in [-0.25, -0.2) is 13.4 Å². The van der Waals surface area contributed by atoms with Gasteiger partial charge in [0.25, 0.3) is 10.0 Å². The van der Waals surface area contributed by atoms with E-state index in [1.54, 1.807) is 4.57 Å². The summed E-state index contributed by atoms with van der Waals surface area (Å²) in [4.78, 5) is 3.92. The molecule has 1 aliphatic rings. The SMILES string of the molecule is CCn1cnc(S(=O)(=O)N(C)CC2(O)CCOCC2)c1. The fourth-order valence-electron chi connectivity index (χ4n) is 2.21. The van der Waals surface area contributed by atoms with Gasteiger partial charge in [-0.3, -0.25) is 0 Å². The van der Waals surface area contributed by atoms with Crippen molar-refractivity contribution < 1.29 is 18.3 Å². The van der Waals surface area contributed by atoms with Gasteiger partial charge in [-0.1, -0.05) is 0 Å². The molecule has 1 aromatic heterocycles. The van der Waals surface area contributed by atoms with E-state index in [1.165, 1.54) is 23.9 Å². The first-order valence-electron chi connectivity index (χ1n) is 6.66. The number of nitrogens with zero attached hydrogens (tertiary/aromatic N) is 3. The summed E-state index contributed by atoms with van der Waals surface area (Å²) in [6, 6.07) is 0. The molecule has 1 fully saturated rings.